The molecule has 7 heteroatoms. The van der Waals surface area contributed by atoms with E-state index in [1.54, 1.807) is 4.90 Å². The number of anilines is 1. The van der Waals surface area contributed by atoms with Gasteiger partial charge in [0.25, 0.3) is 5.91 Å². The third-order valence-corrected chi connectivity index (χ3v) is 6.57. The lowest BCUT2D eigenvalue weighted by Crippen LogP contribution is -2.57. The second-order valence-electron chi connectivity index (χ2n) is 8.50. The van der Waals surface area contributed by atoms with E-state index in [1.165, 1.54) is 4.90 Å². The minimum absolute atomic E-state index is 0.0280. The van der Waals surface area contributed by atoms with Crippen molar-refractivity contribution in [2.45, 2.75) is 38.4 Å². The van der Waals surface area contributed by atoms with Gasteiger partial charge >= 0.3 is 6.03 Å². The monoisotopic (exact) mass is 408 g/mol. The smallest absolute Gasteiger partial charge is 0.332 e. The zero-order valence-corrected chi connectivity index (χ0v) is 17.4. The average Bonchev–Trinajstić information content (AvgIpc) is 3.37. The van der Waals surface area contributed by atoms with Crippen LogP contribution in [0.2, 0.25) is 0 Å². The lowest BCUT2D eigenvalue weighted by atomic mass is 10.1. The number of fused-ring (bicyclic) bond motifs is 6. The number of carbonyl (C=O) groups is 2. The molecule has 0 radical (unpaired) electrons. The molecule has 5 rings (SSSR count). The first-order valence-corrected chi connectivity index (χ1v) is 10.6. The molecule has 3 aliphatic heterocycles. The molecule has 2 aromatic carbocycles. The number of likely N-dealkylation sites (tertiary alicyclic amines) is 1. The Morgan fingerprint density at radius 3 is 2.72 bits per heavy atom. The first-order valence-electron chi connectivity index (χ1n) is 10.2. The fourth-order valence-electron chi connectivity index (χ4n) is 4.91. The van der Waals surface area contributed by atoms with Crippen molar-refractivity contribution in [2.75, 3.05) is 18.0 Å². The van der Waals surface area contributed by atoms with Crippen LogP contribution in [0.15, 0.2) is 42.5 Å². The van der Waals surface area contributed by atoms with Gasteiger partial charge in [0.15, 0.2) is 5.11 Å². The van der Waals surface area contributed by atoms with E-state index in [0.717, 1.165) is 23.7 Å². The predicted molar refractivity (Wildman–Crippen MR) is 117 cm³/mol. The molecule has 1 N–H and O–H groups in total. The third kappa shape index (κ3) is 2.71. The van der Waals surface area contributed by atoms with Gasteiger partial charge in [-0.3, -0.25) is 4.79 Å². The maximum Gasteiger partial charge on any atom is 0.332 e. The molecule has 0 saturated carbocycles. The fourth-order valence-corrected chi connectivity index (χ4v) is 5.20. The molecular weight excluding hydrogens is 384 g/mol. The number of nitrogens with one attached hydrogen (secondary N) is 1. The Hall–Kier alpha value is -2.67. The molecule has 0 spiro atoms. The molecular formula is C22H24N4O2S. The Kier molecular flexibility index (Phi) is 4.24. The van der Waals surface area contributed by atoms with Crippen LogP contribution in [0, 0.1) is 5.92 Å². The SMILES string of the molecule is CC(C)CNC(=S)N1CC2CC1[C@H]1C(=O)N(c3cccc4ccccc34)C(=O)N21. The summed E-state index contributed by atoms with van der Waals surface area (Å²) in [5.74, 6) is 0.344. The Morgan fingerprint density at radius 1 is 1.17 bits per heavy atom. The number of benzene rings is 2. The number of hydrogen-bond acceptors (Lipinski definition) is 3. The van der Waals surface area contributed by atoms with Crippen molar-refractivity contribution in [1.82, 2.24) is 15.1 Å². The Morgan fingerprint density at radius 2 is 1.93 bits per heavy atom. The summed E-state index contributed by atoms with van der Waals surface area (Å²) in [5.41, 5.74) is 0.666. The van der Waals surface area contributed by atoms with Gasteiger partial charge in [-0.15, -0.1) is 0 Å². The molecule has 2 aromatic rings. The molecule has 3 atom stereocenters. The summed E-state index contributed by atoms with van der Waals surface area (Å²) in [6.45, 7) is 5.76. The summed E-state index contributed by atoms with van der Waals surface area (Å²) in [4.78, 5) is 32.0. The standard InChI is InChI=1S/C22H24N4O2S/c1-13(2)11-23-21(29)24-12-15-10-18(24)19-20(27)26(22(28)25(15)19)17-9-5-7-14-6-3-4-8-16(14)17/h3-9,13,15,18-19H,10-12H2,1-2H3,(H,23,29)/t15?,18?,19-/m0/s1. The average molecular weight is 409 g/mol. The van der Waals surface area contributed by atoms with Gasteiger partial charge in [0, 0.05) is 18.5 Å². The van der Waals surface area contributed by atoms with Crippen LogP contribution in [0.25, 0.3) is 10.8 Å². The van der Waals surface area contributed by atoms with Gasteiger partial charge in [-0.1, -0.05) is 50.2 Å². The van der Waals surface area contributed by atoms with Crippen LogP contribution in [0.1, 0.15) is 20.3 Å². The van der Waals surface area contributed by atoms with Crippen molar-refractivity contribution in [3.8, 4) is 0 Å². The first kappa shape index (κ1) is 18.4. The second kappa shape index (κ2) is 6.69. The van der Waals surface area contributed by atoms with E-state index < -0.39 is 6.04 Å². The number of carbonyl (C=O) groups excluding carboxylic acids is 2. The molecule has 0 aliphatic carbocycles. The Balaban J connectivity index is 1.45. The number of nitrogens with zero attached hydrogens (tertiary/aromatic N) is 3. The summed E-state index contributed by atoms with van der Waals surface area (Å²) in [7, 11) is 0. The minimum Gasteiger partial charge on any atom is -0.362 e. The topological polar surface area (TPSA) is 55.9 Å². The number of rotatable bonds is 3. The van der Waals surface area contributed by atoms with Crippen molar-refractivity contribution in [1.29, 1.82) is 0 Å². The van der Waals surface area contributed by atoms with E-state index in [-0.39, 0.29) is 24.0 Å². The maximum absolute atomic E-state index is 13.4. The van der Waals surface area contributed by atoms with Gasteiger partial charge < -0.3 is 15.1 Å². The van der Waals surface area contributed by atoms with Gasteiger partial charge in [-0.2, -0.15) is 0 Å². The van der Waals surface area contributed by atoms with Crippen LogP contribution in [0.3, 0.4) is 0 Å². The molecule has 29 heavy (non-hydrogen) atoms. The van der Waals surface area contributed by atoms with Crippen LogP contribution in [-0.4, -0.2) is 58.1 Å². The normalized spacial score (nSPS) is 25.5. The molecule has 3 fully saturated rings. The van der Waals surface area contributed by atoms with Gasteiger partial charge in [-0.05, 0) is 36.0 Å². The molecule has 3 heterocycles. The highest BCUT2D eigenvalue weighted by atomic mass is 32.1. The summed E-state index contributed by atoms with van der Waals surface area (Å²) in [6, 6.07) is 12.9. The van der Waals surface area contributed by atoms with Crippen molar-refractivity contribution >= 4 is 45.7 Å². The summed E-state index contributed by atoms with van der Waals surface area (Å²) < 4.78 is 0. The zero-order chi connectivity index (χ0) is 20.3. The zero-order valence-electron chi connectivity index (χ0n) is 16.5. The van der Waals surface area contributed by atoms with Crippen molar-refractivity contribution in [3.63, 3.8) is 0 Å². The molecule has 2 unspecified atom stereocenters. The highest BCUT2D eigenvalue weighted by Crippen LogP contribution is 2.43. The lowest BCUT2D eigenvalue weighted by molar-refractivity contribution is -0.120. The van der Waals surface area contributed by atoms with E-state index in [2.05, 4.69) is 24.1 Å². The fraction of sp³-hybridized carbons (Fsp3) is 0.409. The van der Waals surface area contributed by atoms with Crippen molar-refractivity contribution < 1.29 is 9.59 Å². The predicted octanol–water partition coefficient (Wildman–Crippen LogP) is 2.96. The first-order chi connectivity index (χ1) is 14.0. The molecule has 6 nitrogen and oxygen atoms in total. The maximum atomic E-state index is 13.4. The van der Waals surface area contributed by atoms with Crippen LogP contribution < -0.4 is 10.2 Å². The second-order valence-corrected chi connectivity index (χ2v) is 8.88. The van der Waals surface area contributed by atoms with Crippen LogP contribution in [0.4, 0.5) is 10.5 Å². The summed E-state index contributed by atoms with van der Waals surface area (Å²) in [6.07, 6.45) is 0.801. The highest BCUT2D eigenvalue weighted by Gasteiger charge is 2.62. The summed E-state index contributed by atoms with van der Waals surface area (Å²) in [5, 5.41) is 5.93. The molecule has 0 aromatic heterocycles. The van der Waals surface area contributed by atoms with E-state index in [0.29, 0.717) is 23.3 Å². The van der Waals surface area contributed by atoms with Gasteiger partial charge in [0.2, 0.25) is 0 Å². The number of imide groups is 1. The largest absolute Gasteiger partial charge is 0.362 e. The van der Waals surface area contributed by atoms with Crippen LogP contribution in [-0.2, 0) is 4.79 Å². The van der Waals surface area contributed by atoms with Crippen LogP contribution in [0.5, 0.6) is 0 Å². The number of urea groups is 1. The van der Waals surface area contributed by atoms with E-state index >= 15 is 0 Å². The van der Waals surface area contributed by atoms with Crippen molar-refractivity contribution in [2.24, 2.45) is 5.92 Å². The Bertz CT molecular complexity index is 1020. The number of hydrogen-bond donors (Lipinski definition) is 1. The van der Waals surface area contributed by atoms with Gasteiger partial charge in [0.05, 0.1) is 17.8 Å². The number of amides is 3. The molecule has 2 bridgehead atoms. The Labute approximate surface area is 175 Å². The molecule has 150 valence electrons. The van der Waals surface area contributed by atoms with Crippen molar-refractivity contribution in [3.05, 3.63) is 42.5 Å². The molecule has 3 amide bonds. The minimum atomic E-state index is -0.459. The lowest BCUT2D eigenvalue weighted by Gasteiger charge is -2.36. The van der Waals surface area contributed by atoms with E-state index in [9.17, 15) is 9.59 Å². The van der Waals surface area contributed by atoms with Crippen LogP contribution >= 0.6 is 12.2 Å². The van der Waals surface area contributed by atoms with Gasteiger partial charge in [0.1, 0.15) is 6.04 Å². The summed E-state index contributed by atoms with van der Waals surface area (Å²) >= 11 is 5.60. The van der Waals surface area contributed by atoms with Gasteiger partial charge in [-0.25, -0.2) is 9.69 Å². The van der Waals surface area contributed by atoms with E-state index in [1.807, 2.05) is 42.5 Å². The quantitative estimate of drug-likeness (QED) is 0.625. The molecule has 3 aliphatic rings. The number of piperazine rings is 1. The highest BCUT2D eigenvalue weighted by molar-refractivity contribution is 7.80. The van der Waals surface area contributed by atoms with E-state index in [4.69, 9.17) is 12.2 Å². The molecule has 3 saturated heterocycles. The number of thiocarbonyl (C=S) groups is 1. The third-order valence-electron chi connectivity index (χ3n) is 6.19.